The van der Waals surface area contributed by atoms with Gasteiger partial charge in [-0.1, -0.05) is 20.8 Å². The summed E-state index contributed by atoms with van der Waals surface area (Å²) in [5, 5.41) is 10.8. The third kappa shape index (κ3) is 3.06. The molecule has 1 atom stereocenters. The first-order chi connectivity index (χ1) is 7.06. The summed E-state index contributed by atoms with van der Waals surface area (Å²) in [6, 6.07) is 0.596. The van der Waals surface area contributed by atoms with Crippen molar-refractivity contribution in [2.45, 2.75) is 53.6 Å². The molecule has 1 aromatic heterocycles. The monoisotopic (exact) mass is 209 g/mol. The minimum Gasteiger partial charge on any atom is -0.310 e. The maximum atomic E-state index is 4.20. The van der Waals surface area contributed by atoms with Crippen LogP contribution in [0.4, 0.5) is 0 Å². The van der Waals surface area contributed by atoms with Gasteiger partial charge in [0.15, 0.2) is 0 Å². The van der Waals surface area contributed by atoms with Crippen LogP contribution >= 0.6 is 0 Å². The van der Waals surface area contributed by atoms with E-state index in [1.807, 2.05) is 0 Å². The first-order valence-corrected chi connectivity index (χ1v) is 5.80. The highest BCUT2D eigenvalue weighted by molar-refractivity contribution is 5.22. The van der Waals surface area contributed by atoms with Crippen LogP contribution in [0.5, 0.6) is 0 Å². The van der Waals surface area contributed by atoms with Crippen molar-refractivity contribution in [2.75, 3.05) is 0 Å². The number of nitrogens with zero attached hydrogens (tertiary/aromatic N) is 1. The minimum atomic E-state index is 0.596. The summed E-state index contributed by atoms with van der Waals surface area (Å²) < 4.78 is 0. The van der Waals surface area contributed by atoms with Crippen LogP contribution < -0.4 is 5.32 Å². The van der Waals surface area contributed by atoms with E-state index in [9.17, 15) is 0 Å². The standard InChI is InChI=1S/C12H23N3/c1-6-12(8(2)3)13-7-11-9(4)14-15-10(11)5/h8,12-13H,6-7H2,1-5H3,(H,14,15). The Labute approximate surface area is 92.7 Å². The molecule has 1 aromatic rings. The molecule has 2 N–H and O–H groups in total. The van der Waals surface area contributed by atoms with E-state index in [2.05, 4.69) is 50.1 Å². The van der Waals surface area contributed by atoms with E-state index in [1.165, 1.54) is 17.7 Å². The maximum Gasteiger partial charge on any atom is 0.0638 e. The molecule has 0 aliphatic rings. The number of aromatic amines is 1. The van der Waals surface area contributed by atoms with E-state index in [0.717, 1.165) is 12.2 Å². The predicted octanol–water partition coefficient (Wildman–Crippen LogP) is 2.55. The van der Waals surface area contributed by atoms with Gasteiger partial charge >= 0.3 is 0 Å². The number of aryl methyl sites for hydroxylation is 2. The molecular weight excluding hydrogens is 186 g/mol. The molecule has 0 amide bonds. The Kier molecular flexibility index (Phi) is 4.33. The van der Waals surface area contributed by atoms with E-state index >= 15 is 0 Å². The lowest BCUT2D eigenvalue weighted by Gasteiger charge is -2.20. The minimum absolute atomic E-state index is 0.596. The molecule has 0 saturated heterocycles. The summed E-state index contributed by atoms with van der Waals surface area (Å²) in [6.07, 6.45) is 1.17. The van der Waals surface area contributed by atoms with Gasteiger partial charge in [0, 0.05) is 23.8 Å². The number of hydrogen-bond acceptors (Lipinski definition) is 2. The lowest BCUT2D eigenvalue weighted by Crippen LogP contribution is -2.32. The summed E-state index contributed by atoms with van der Waals surface area (Å²) in [6.45, 7) is 11.8. The van der Waals surface area contributed by atoms with E-state index in [-0.39, 0.29) is 0 Å². The van der Waals surface area contributed by atoms with Gasteiger partial charge < -0.3 is 5.32 Å². The average Bonchev–Trinajstić information content (AvgIpc) is 2.49. The van der Waals surface area contributed by atoms with Crippen LogP contribution in [-0.2, 0) is 6.54 Å². The van der Waals surface area contributed by atoms with Gasteiger partial charge in [-0.05, 0) is 26.2 Å². The Bertz CT molecular complexity index is 282. The zero-order valence-electron chi connectivity index (χ0n) is 10.5. The van der Waals surface area contributed by atoms with Gasteiger partial charge in [-0.15, -0.1) is 0 Å². The number of H-pyrrole nitrogens is 1. The molecule has 0 bridgehead atoms. The van der Waals surface area contributed by atoms with E-state index in [4.69, 9.17) is 0 Å². The molecular formula is C12H23N3. The molecule has 3 heteroatoms. The third-order valence-electron chi connectivity index (χ3n) is 3.07. The van der Waals surface area contributed by atoms with Crippen LogP contribution in [0.3, 0.4) is 0 Å². The summed E-state index contributed by atoms with van der Waals surface area (Å²) in [7, 11) is 0. The highest BCUT2D eigenvalue weighted by atomic mass is 15.1. The maximum absolute atomic E-state index is 4.20. The van der Waals surface area contributed by atoms with Crippen molar-refractivity contribution in [3.05, 3.63) is 17.0 Å². The summed E-state index contributed by atoms with van der Waals surface area (Å²) in [4.78, 5) is 0. The van der Waals surface area contributed by atoms with Crippen molar-refractivity contribution in [1.29, 1.82) is 0 Å². The largest absolute Gasteiger partial charge is 0.310 e. The lowest BCUT2D eigenvalue weighted by molar-refractivity contribution is 0.387. The first kappa shape index (κ1) is 12.2. The van der Waals surface area contributed by atoms with Crippen molar-refractivity contribution >= 4 is 0 Å². The van der Waals surface area contributed by atoms with Crippen molar-refractivity contribution in [3.63, 3.8) is 0 Å². The van der Waals surface area contributed by atoms with Gasteiger partial charge in [0.2, 0.25) is 0 Å². The van der Waals surface area contributed by atoms with Crippen molar-refractivity contribution < 1.29 is 0 Å². The molecule has 0 aliphatic carbocycles. The van der Waals surface area contributed by atoms with Gasteiger partial charge in [-0.3, -0.25) is 5.10 Å². The summed E-state index contributed by atoms with van der Waals surface area (Å²) in [5.41, 5.74) is 3.60. The fraction of sp³-hybridized carbons (Fsp3) is 0.750. The molecule has 0 saturated carbocycles. The molecule has 0 spiro atoms. The van der Waals surface area contributed by atoms with E-state index in [1.54, 1.807) is 0 Å². The summed E-state index contributed by atoms with van der Waals surface area (Å²) >= 11 is 0. The molecule has 15 heavy (non-hydrogen) atoms. The number of hydrogen-bond donors (Lipinski definition) is 2. The molecule has 0 aliphatic heterocycles. The first-order valence-electron chi connectivity index (χ1n) is 5.80. The molecule has 1 rings (SSSR count). The second-order valence-corrected chi connectivity index (χ2v) is 4.55. The number of rotatable bonds is 5. The molecule has 3 nitrogen and oxygen atoms in total. The third-order valence-corrected chi connectivity index (χ3v) is 3.07. The highest BCUT2D eigenvalue weighted by Gasteiger charge is 2.12. The Morgan fingerprint density at radius 1 is 1.33 bits per heavy atom. The molecule has 1 unspecified atom stereocenters. The second kappa shape index (κ2) is 5.31. The van der Waals surface area contributed by atoms with Crippen molar-refractivity contribution in [3.8, 4) is 0 Å². The van der Waals surface area contributed by atoms with Crippen LogP contribution in [0, 0.1) is 19.8 Å². The summed E-state index contributed by atoms with van der Waals surface area (Å²) in [5.74, 6) is 0.683. The molecule has 0 aromatic carbocycles. The zero-order valence-corrected chi connectivity index (χ0v) is 10.5. The Morgan fingerprint density at radius 2 is 2.00 bits per heavy atom. The van der Waals surface area contributed by atoms with Gasteiger partial charge in [0.05, 0.1) is 5.69 Å². The van der Waals surface area contributed by atoms with Crippen LogP contribution in [0.2, 0.25) is 0 Å². The zero-order chi connectivity index (χ0) is 11.4. The van der Waals surface area contributed by atoms with Gasteiger partial charge in [0.25, 0.3) is 0 Å². The van der Waals surface area contributed by atoms with Gasteiger partial charge in [-0.25, -0.2) is 0 Å². The van der Waals surface area contributed by atoms with E-state index in [0.29, 0.717) is 12.0 Å². The molecule has 0 radical (unpaired) electrons. The van der Waals surface area contributed by atoms with Crippen LogP contribution in [0.25, 0.3) is 0 Å². The van der Waals surface area contributed by atoms with Crippen molar-refractivity contribution in [2.24, 2.45) is 5.92 Å². The Hall–Kier alpha value is -0.830. The normalized spacial score (nSPS) is 13.5. The fourth-order valence-electron chi connectivity index (χ4n) is 1.92. The van der Waals surface area contributed by atoms with Crippen LogP contribution in [0.1, 0.15) is 44.1 Å². The second-order valence-electron chi connectivity index (χ2n) is 4.55. The fourth-order valence-corrected chi connectivity index (χ4v) is 1.92. The number of aromatic nitrogens is 2. The van der Waals surface area contributed by atoms with Gasteiger partial charge in [0.1, 0.15) is 0 Å². The average molecular weight is 209 g/mol. The van der Waals surface area contributed by atoms with Gasteiger partial charge in [-0.2, -0.15) is 5.10 Å². The quantitative estimate of drug-likeness (QED) is 0.782. The van der Waals surface area contributed by atoms with Crippen molar-refractivity contribution in [1.82, 2.24) is 15.5 Å². The predicted molar refractivity (Wildman–Crippen MR) is 63.8 cm³/mol. The lowest BCUT2D eigenvalue weighted by atomic mass is 10.0. The van der Waals surface area contributed by atoms with E-state index < -0.39 is 0 Å². The number of nitrogens with one attached hydrogen (secondary N) is 2. The smallest absolute Gasteiger partial charge is 0.0638 e. The Morgan fingerprint density at radius 3 is 2.40 bits per heavy atom. The Balaban J connectivity index is 2.56. The molecule has 0 fully saturated rings. The van der Waals surface area contributed by atoms with Crippen LogP contribution in [0.15, 0.2) is 0 Å². The molecule has 86 valence electrons. The molecule has 1 heterocycles. The highest BCUT2D eigenvalue weighted by Crippen LogP contribution is 2.11. The topological polar surface area (TPSA) is 40.7 Å². The van der Waals surface area contributed by atoms with Crippen LogP contribution in [-0.4, -0.2) is 16.2 Å². The SMILES string of the molecule is CCC(NCc1c(C)n[nH]c1C)C(C)C.